The Morgan fingerprint density at radius 3 is 2.50 bits per heavy atom. The van der Waals surface area contributed by atoms with E-state index in [-0.39, 0.29) is 10.8 Å². The molecule has 1 amide bonds. The number of fused-ring (bicyclic) bond motifs is 1. The number of thioether (sulfide) groups is 1. The third-order valence-corrected chi connectivity index (χ3v) is 7.11. The van der Waals surface area contributed by atoms with Crippen molar-refractivity contribution in [1.29, 1.82) is 0 Å². The summed E-state index contributed by atoms with van der Waals surface area (Å²) in [6.45, 7) is 3.04. The molecule has 28 heavy (non-hydrogen) atoms. The van der Waals surface area contributed by atoms with Gasteiger partial charge in [-0.1, -0.05) is 42.0 Å². The minimum absolute atomic E-state index is 0.153. The molecule has 5 nitrogen and oxygen atoms in total. The smallest absolute Gasteiger partial charge is 0.241 e. The fourth-order valence-corrected chi connectivity index (χ4v) is 5.04. The van der Waals surface area contributed by atoms with Crippen LogP contribution in [0.25, 0.3) is 0 Å². The van der Waals surface area contributed by atoms with Crippen LogP contribution in [0, 0.1) is 6.92 Å². The second-order valence-corrected chi connectivity index (χ2v) is 9.75. The number of carbonyl (C=O) groups excluding carboxylic acids is 1. The predicted molar refractivity (Wildman–Crippen MR) is 114 cm³/mol. The van der Waals surface area contributed by atoms with Gasteiger partial charge in [-0.15, -0.1) is 0 Å². The highest BCUT2D eigenvalue weighted by Crippen LogP contribution is 2.20. The van der Waals surface area contributed by atoms with Gasteiger partial charge in [0.15, 0.2) is 0 Å². The van der Waals surface area contributed by atoms with E-state index in [0.717, 1.165) is 17.5 Å². The summed E-state index contributed by atoms with van der Waals surface area (Å²) in [6, 6.07) is 14.0. The number of nitrogens with one attached hydrogen (secondary N) is 1. The van der Waals surface area contributed by atoms with Crippen molar-refractivity contribution in [2.45, 2.75) is 37.2 Å². The second-order valence-electron chi connectivity index (χ2n) is 7.05. The van der Waals surface area contributed by atoms with Crippen LogP contribution in [0.15, 0.2) is 53.4 Å². The van der Waals surface area contributed by atoms with Crippen LogP contribution >= 0.6 is 11.8 Å². The first-order chi connectivity index (χ1) is 13.4. The molecule has 0 aliphatic carbocycles. The molecule has 3 rings (SSSR count). The van der Waals surface area contributed by atoms with Crippen molar-refractivity contribution in [2.24, 2.45) is 0 Å². The topological polar surface area (TPSA) is 66.5 Å². The third kappa shape index (κ3) is 4.96. The number of benzene rings is 2. The van der Waals surface area contributed by atoms with Gasteiger partial charge in [0.05, 0.1) is 4.90 Å². The molecule has 1 unspecified atom stereocenters. The van der Waals surface area contributed by atoms with Gasteiger partial charge in [-0.25, -0.2) is 8.42 Å². The lowest BCUT2D eigenvalue weighted by Crippen LogP contribution is -2.50. The molecular formula is C21H26N2O3S2. The van der Waals surface area contributed by atoms with E-state index >= 15 is 0 Å². The zero-order valence-corrected chi connectivity index (χ0v) is 17.9. The number of sulfonamides is 1. The maximum Gasteiger partial charge on any atom is 0.241 e. The van der Waals surface area contributed by atoms with Crippen molar-refractivity contribution in [3.8, 4) is 0 Å². The molecule has 0 radical (unpaired) electrons. The van der Waals surface area contributed by atoms with E-state index in [4.69, 9.17) is 0 Å². The molecule has 7 heteroatoms. The molecule has 0 bridgehead atoms. The molecule has 1 aliphatic heterocycles. The van der Waals surface area contributed by atoms with Gasteiger partial charge in [0.25, 0.3) is 0 Å². The Morgan fingerprint density at radius 1 is 1.14 bits per heavy atom. The first-order valence-electron chi connectivity index (χ1n) is 9.34. The van der Waals surface area contributed by atoms with E-state index in [2.05, 4.69) is 10.8 Å². The van der Waals surface area contributed by atoms with E-state index in [1.54, 1.807) is 40.9 Å². The van der Waals surface area contributed by atoms with Crippen molar-refractivity contribution in [3.63, 3.8) is 0 Å². The van der Waals surface area contributed by atoms with Crippen LogP contribution in [-0.4, -0.2) is 43.8 Å². The largest absolute Gasteiger partial charge is 0.337 e. The Morgan fingerprint density at radius 2 is 1.82 bits per heavy atom. The van der Waals surface area contributed by atoms with Gasteiger partial charge in [-0.05, 0) is 55.0 Å². The fourth-order valence-electron chi connectivity index (χ4n) is 3.35. The summed E-state index contributed by atoms with van der Waals surface area (Å²) >= 11 is 1.60. The van der Waals surface area contributed by atoms with Crippen LogP contribution in [0.5, 0.6) is 0 Å². The number of hydrogen-bond donors (Lipinski definition) is 1. The molecule has 1 aliphatic rings. The normalized spacial score (nSPS) is 15.1. The monoisotopic (exact) mass is 418 g/mol. The average molecular weight is 419 g/mol. The van der Waals surface area contributed by atoms with E-state index in [9.17, 15) is 13.2 Å². The van der Waals surface area contributed by atoms with Gasteiger partial charge in [0, 0.05) is 13.1 Å². The van der Waals surface area contributed by atoms with E-state index in [1.165, 1.54) is 5.56 Å². The predicted octanol–water partition coefficient (Wildman–Crippen LogP) is 2.98. The number of hydrogen-bond acceptors (Lipinski definition) is 4. The highest BCUT2D eigenvalue weighted by Gasteiger charge is 2.30. The molecule has 0 saturated carbocycles. The molecule has 0 aromatic heterocycles. The Kier molecular flexibility index (Phi) is 6.80. The fraction of sp³-hybridized carbons (Fsp3) is 0.381. The summed E-state index contributed by atoms with van der Waals surface area (Å²) in [6.07, 6.45) is 3.21. The minimum Gasteiger partial charge on any atom is -0.337 e. The number of aryl methyl sites for hydroxylation is 1. The lowest BCUT2D eigenvalue weighted by Gasteiger charge is -2.32. The van der Waals surface area contributed by atoms with Crippen LogP contribution in [0.2, 0.25) is 0 Å². The molecular weight excluding hydrogens is 392 g/mol. The van der Waals surface area contributed by atoms with Gasteiger partial charge in [-0.2, -0.15) is 16.5 Å². The number of rotatable bonds is 7. The summed E-state index contributed by atoms with van der Waals surface area (Å²) in [5.41, 5.74) is 3.38. The zero-order chi connectivity index (χ0) is 20.1. The van der Waals surface area contributed by atoms with Crippen LogP contribution in [0.1, 0.15) is 23.1 Å². The highest BCUT2D eigenvalue weighted by molar-refractivity contribution is 7.98. The van der Waals surface area contributed by atoms with Crippen molar-refractivity contribution in [3.05, 3.63) is 65.2 Å². The van der Waals surface area contributed by atoms with Crippen LogP contribution < -0.4 is 4.72 Å². The Labute approximate surface area is 171 Å². The molecule has 0 spiro atoms. The van der Waals surface area contributed by atoms with Gasteiger partial charge < -0.3 is 4.90 Å². The maximum absolute atomic E-state index is 13.2. The molecule has 1 heterocycles. The summed E-state index contributed by atoms with van der Waals surface area (Å²) in [7, 11) is -3.76. The molecule has 0 saturated heterocycles. The van der Waals surface area contributed by atoms with Crippen LogP contribution in [0.4, 0.5) is 0 Å². The highest BCUT2D eigenvalue weighted by atomic mass is 32.2. The average Bonchev–Trinajstić information content (AvgIpc) is 2.70. The molecule has 0 fully saturated rings. The Hall–Kier alpha value is -1.83. The Balaban J connectivity index is 1.78. The lowest BCUT2D eigenvalue weighted by atomic mass is 9.99. The van der Waals surface area contributed by atoms with Gasteiger partial charge in [0.1, 0.15) is 6.04 Å². The molecule has 2 aromatic carbocycles. The van der Waals surface area contributed by atoms with Crippen molar-refractivity contribution >= 4 is 27.7 Å². The summed E-state index contributed by atoms with van der Waals surface area (Å²) < 4.78 is 28.3. The quantitative estimate of drug-likeness (QED) is 0.751. The van der Waals surface area contributed by atoms with E-state index < -0.39 is 16.1 Å². The molecule has 1 atom stereocenters. The third-order valence-electron chi connectivity index (χ3n) is 4.98. The number of carbonyl (C=O) groups is 1. The lowest BCUT2D eigenvalue weighted by molar-refractivity contribution is -0.134. The first kappa shape index (κ1) is 20.9. The van der Waals surface area contributed by atoms with E-state index in [0.29, 0.717) is 25.3 Å². The summed E-state index contributed by atoms with van der Waals surface area (Å²) in [5.74, 6) is 0.552. The molecule has 2 aromatic rings. The molecule has 150 valence electrons. The minimum atomic E-state index is -3.76. The molecule has 1 N–H and O–H groups in total. The van der Waals surface area contributed by atoms with Crippen LogP contribution in [0.3, 0.4) is 0 Å². The SMILES string of the molecule is CSCCC(NS(=O)(=O)c1ccc(C)cc1)C(=O)N1CCc2ccccc2C1. The standard InChI is InChI=1S/C21H26N2O3S2/c1-16-7-9-19(10-8-16)28(25,26)22-20(12-14-27-2)21(24)23-13-11-17-5-3-4-6-18(17)15-23/h3-10,20,22H,11-15H2,1-2H3. The number of nitrogens with zero attached hydrogens (tertiary/aromatic N) is 1. The Bertz CT molecular complexity index is 927. The zero-order valence-electron chi connectivity index (χ0n) is 16.2. The summed E-state index contributed by atoms with van der Waals surface area (Å²) in [5, 5.41) is 0. The van der Waals surface area contributed by atoms with Gasteiger partial charge in [0.2, 0.25) is 15.9 Å². The second kappa shape index (κ2) is 9.11. The van der Waals surface area contributed by atoms with Gasteiger partial charge >= 0.3 is 0 Å². The number of amides is 1. The summed E-state index contributed by atoms with van der Waals surface area (Å²) in [4.78, 5) is 15.1. The van der Waals surface area contributed by atoms with Crippen LogP contribution in [-0.2, 0) is 27.8 Å². The van der Waals surface area contributed by atoms with E-state index in [1.807, 2.05) is 31.4 Å². The van der Waals surface area contributed by atoms with Gasteiger partial charge in [-0.3, -0.25) is 4.79 Å². The first-order valence-corrected chi connectivity index (χ1v) is 12.2. The van der Waals surface area contributed by atoms with Crippen molar-refractivity contribution in [1.82, 2.24) is 9.62 Å². The van der Waals surface area contributed by atoms with Crippen molar-refractivity contribution < 1.29 is 13.2 Å². The van der Waals surface area contributed by atoms with Crippen molar-refractivity contribution in [2.75, 3.05) is 18.6 Å². The maximum atomic E-state index is 13.2.